The second kappa shape index (κ2) is 6.29. The average molecular weight is 352 g/mol. The van der Waals surface area contributed by atoms with Crippen molar-refractivity contribution in [3.05, 3.63) is 60.2 Å². The molecule has 0 unspecified atom stereocenters. The van der Waals surface area contributed by atoms with E-state index >= 15 is 0 Å². The highest BCUT2D eigenvalue weighted by atomic mass is 32.2. The van der Waals surface area contributed by atoms with Crippen LogP contribution in [0.3, 0.4) is 0 Å². The van der Waals surface area contributed by atoms with Gasteiger partial charge in [-0.25, -0.2) is 21.9 Å². The average Bonchev–Trinajstić information content (AvgIpc) is 2.90. The molecule has 5 nitrogen and oxygen atoms in total. The van der Waals surface area contributed by atoms with Crippen molar-refractivity contribution < 1.29 is 22.0 Å². The zero-order chi connectivity index (χ0) is 17.3. The van der Waals surface area contributed by atoms with Crippen LogP contribution in [-0.2, 0) is 14.8 Å². The molecule has 1 N–H and O–H groups in total. The zero-order valence-electron chi connectivity index (χ0n) is 12.4. The molecule has 1 aliphatic rings. The molecule has 8 heteroatoms. The second-order valence-corrected chi connectivity index (χ2v) is 7.12. The molecule has 1 heterocycles. The topological polar surface area (TPSA) is 66.5 Å². The SMILES string of the molecule is O=C1C[C@@H](NS(=O)(=O)c2cc(F)ccc2F)CN1c1ccccc1. The van der Waals surface area contributed by atoms with Crippen molar-refractivity contribution in [1.29, 1.82) is 0 Å². The summed E-state index contributed by atoms with van der Waals surface area (Å²) in [7, 11) is -4.27. The highest BCUT2D eigenvalue weighted by Gasteiger charge is 2.34. The fraction of sp³-hybridized carbons (Fsp3) is 0.188. The summed E-state index contributed by atoms with van der Waals surface area (Å²) in [5, 5.41) is 0. The summed E-state index contributed by atoms with van der Waals surface area (Å²) in [4.78, 5) is 12.8. The normalized spacial score (nSPS) is 18.2. The summed E-state index contributed by atoms with van der Waals surface area (Å²) in [6.07, 6.45) is -0.0505. The third-order valence-electron chi connectivity index (χ3n) is 3.70. The molecule has 1 saturated heterocycles. The quantitative estimate of drug-likeness (QED) is 0.916. The minimum atomic E-state index is -4.27. The lowest BCUT2D eigenvalue weighted by atomic mass is 10.3. The van der Waals surface area contributed by atoms with Crippen LogP contribution in [-0.4, -0.2) is 26.9 Å². The molecule has 0 saturated carbocycles. The van der Waals surface area contributed by atoms with Gasteiger partial charge in [0.2, 0.25) is 15.9 Å². The van der Waals surface area contributed by atoms with E-state index < -0.39 is 32.6 Å². The maximum Gasteiger partial charge on any atom is 0.243 e. The molecule has 0 aliphatic carbocycles. The fourth-order valence-corrected chi connectivity index (χ4v) is 3.93. The number of carbonyl (C=O) groups is 1. The summed E-state index contributed by atoms with van der Waals surface area (Å²) in [5.74, 6) is -2.15. The van der Waals surface area contributed by atoms with Gasteiger partial charge in [0.05, 0.1) is 0 Å². The Morgan fingerprint density at radius 2 is 1.79 bits per heavy atom. The Labute approximate surface area is 138 Å². The summed E-state index contributed by atoms with van der Waals surface area (Å²) in [6.45, 7) is 0.124. The first-order valence-electron chi connectivity index (χ1n) is 7.19. The molecular formula is C16H14F2N2O3S. The zero-order valence-corrected chi connectivity index (χ0v) is 13.3. The van der Waals surface area contributed by atoms with E-state index in [-0.39, 0.29) is 18.9 Å². The molecule has 3 rings (SSSR count). The van der Waals surface area contributed by atoms with Crippen LogP contribution in [0.4, 0.5) is 14.5 Å². The van der Waals surface area contributed by atoms with Crippen molar-refractivity contribution in [3.8, 4) is 0 Å². The van der Waals surface area contributed by atoms with Gasteiger partial charge in [-0.2, -0.15) is 0 Å². The molecule has 2 aromatic rings. The van der Waals surface area contributed by atoms with Crippen molar-refractivity contribution in [1.82, 2.24) is 4.72 Å². The van der Waals surface area contributed by atoms with E-state index in [1.54, 1.807) is 30.3 Å². The number of benzene rings is 2. The monoisotopic (exact) mass is 352 g/mol. The van der Waals surface area contributed by atoms with Gasteiger partial charge < -0.3 is 4.90 Å². The van der Waals surface area contributed by atoms with Crippen molar-refractivity contribution in [2.45, 2.75) is 17.4 Å². The lowest BCUT2D eigenvalue weighted by molar-refractivity contribution is -0.117. The van der Waals surface area contributed by atoms with Gasteiger partial charge in [0, 0.05) is 24.7 Å². The number of carbonyl (C=O) groups excluding carboxylic acids is 1. The smallest absolute Gasteiger partial charge is 0.243 e. The van der Waals surface area contributed by atoms with Crippen LogP contribution in [0.2, 0.25) is 0 Å². The van der Waals surface area contributed by atoms with Crippen molar-refractivity contribution >= 4 is 21.6 Å². The number of halogens is 2. The highest BCUT2D eigenvalue weighted by molar-refractivity contribution is 7.89. The number of sulfonamides is 1. The van der Waals surface area contributed by atoms with Crippen molar-refractivity contribution in [2.24, 2.45) is 0 Å². The van der Waals surface area contributed by atoms with Crippen LogP contribution in [0.5, 0.6) is 0 Å². The number of nitrogens with one attached hydrogen (secondary N) is 1. The van der Waals surface area contributed by atoms with Gasteiger partial charge in [-0.3, -0.25) is 4.79 Å². The maximum absolute atomic E-state index is 13.7. The molecule has 2 aromatic carbocycles. The van der Waals surface area contributed by atoms with Crippen molar-refractivity contribution in [2.75, 3.05) is 11.4 Å². The molecule has 1 amide bonds. The lowest BCUT2D eigenvalue weighted by Crippen LogP contribution is -2.37. The van der Waals surface area contributed by atoms with Gasteiger partial charge in [0.1, 0.15) is 16.5 Å². The number of nitrogens with zero attached hydrogens (tertiary/aromatic N) is 1. The van der Waals surface area contributed by atoms with Gasteiger partial charge in [-0.1, -0.05) is 18.2 Å². The largest absolute Gasteiger partial charge is 0.311 e. The number of amides is 1. The lowest BCUT2D eigenvalue weighted by Gasteiger charge is -2.17. The number of hydrogen-bond donors (Lipinski definition) is 1. The summed E-state index contributed by atoms with van der Waals surface area (Å²) < 4.78 is 53.7. The van der Waals surface area contributed by atoms with E-state index in [1.165, 1.54) is 4.90 Å². The van der Waals surface area contributed by atoms with E-state index in [0.717, 1.165) is 12.1 Å². The summed E-state index contributed by atoms with van der Waals surface area (Å²) >= 11 is 0. The molecule has 24 heavy (non-hydrogen) atoms. The Kier molecular flexibility index (Phi) is 4.33. The van der Waals surface area contributed by atoms with Crippen LogP contribution in [0.15, 0.2) is 53.4 Å². The minimum Gasteiger partial charge on any atom is -0.311 e. The predicted molar refractivity (Wildman–Crippen MR) is 83.9 cm³/mol. The molecule has 126 valence electrons. The standard InChI is InChI=1S/C16H14F2N2O3S/c17-11-6-7-14(18)15(8-11)24(22,23)19-12-9-16(21)20(10-12)13-4-2-1-3-5-13/h1-8,12,19H,9-10H2/t12-/m1/s1. The van der Waals surface area contributed by atoms with Gasteiger partial charge in [-0.05, 0) is 30.3 Å². The number of rotatable bonds is 4. The van der Waals surface area contributed by atoms with Crippen LogP contribution in [0, 0.1) is 11.6 Å². The molecule has 1 atom stereocenters. The molecule has 1 aliphatic heterocycles. The molecule has 1 fully saturated rings. The Hall–Kier alpha value is -2.32. The van der Waals surface area contributed by atoms with Gasteiger partial charge in [0.25, 0.3) is 0 Å². The first kappa shape index (κ1) is 16.5. The molecule has 0 bridgehead atoms. The first-order chi connectivity index (χ1) is 11.4. The molecular weight excluding hydrogens is 338 g/mol. The maximum atomic E-state index is 13.7. The van der Waals surface area contributed by atoms with Gasteiger partial charge in [0.15, 0.2) is 0 Å². The van der Waals surface area contributed by atoms with Crippen LogP contribution in [0.1, 0.15) is 6.42 Å². The summed E-state index contributed by atoms with van der Waals surface area (Å²) in [5.41, 5.74) is 0.654. The Morgan fingerprint density at radius 3 is 2.50 bits per heavy atom. The van der Waals surface area contributed by atoms with Crippen LogP contribution < -0.4 is 9.62 Å². The molecule has 0 radical (unpaired) electrons. The molecule has 0 spiro atoms. The van der Waals surface area contributed by atoms with Gasteiger partial charge >= 0.3 is 0 Å². The second-order valence-electron chi connectivity index (χ2n) is 5.44. The summed E-state index contributed by atoms with van der Waals surface area (Å²) in [6, 6.07) is 10.3. The number of hydrogen-bond acceptors (Lipinski definition) is 3. The minimum absolute atomic E-state index is 0.0505. The van der Waals surface area contributed by atoms with E-state index in [9.17, 15) is 22.0 Å². The predicted octanol–water partition coefficient (Wildman–Crippen LogP) is 2.05. The number of para-hydroxylation sites is 1. The van der Waals surface area contributed by atoms with Crippen molar-refractivity contribution in [3.63, 3.8) is 0 Å². The van der Waals surface area contributed by atoms with E-state index in [2.05, 4.69) is 4.72 Å². The van der Waals surface area contributed by atoms with E-state index in [0.29, 0.717) is 11.8 Å². The van der Waals surface area contributed by atoms with E-state index in [1.807, 2.05) is 0 Å². The van der Waals surface area contributed by atoms with E-state index in [4.69, 9.17) is 0 Å². The third kappa shape index (κ3) is 3.29. The Bertz CT molecular complexity index is 872. The Balaban J connectivity index is 1.79. The number of anilines is 1. The third-order valence-corrected chi connectivity index (χ3v) is 5.23. The molecule has 0 aromatic heterocycles. The van der Waals surface area contributed by atoms with Gasteiger partial charge in [-0.15, -0.1) is 0 Å². The fourth-order valence-electron chi connectivity index (χ4n) is 2.61. The first-order valence-corrected chi connectivity index (χ1v) is 8.68. The highest BCUT2D eigenvalue weighted by Crippen LogP contribution is 2.23. The van der Waals surface area contributed by atoms with Crippen LogP contribution >= 0.6 is 0 Å². The Morgan fingerprint density at radius 1 is 1.08 bits per heavy atom. The van der Waals surface area contributed by atoms with Crippen LogP contribution in [0.25, 0.3) is 0 Å².